The Bertz CT molecular complexity index is 1260. The Morgan fingerprint density at radius 2 is 1.70 bits per heavy atom. The zero-order valence-electron chi connectivity index (χ0n) is 22.3. The molecule has 13 heteroatoms. The maximum absolute atomic E-state index is 15.1. The molecule has 0 saturated heterocycles. The predicted octanol–water partition coefficient (Wildman–Crippen LogP) is 5.21. The molecule has 2 atom stereocenters. The molecule has 8 nitrogen and oxygen atoms in total. The topological polar surface area (TPSA) is 105 Å². The number of benzene rings is 1. The van der Waals surface area contributed by atoms with Gasteiger partial charge in [-0.3, -0.25) is 19.1 Å². The van der Waals surface area contributed by atoms with E-state index in [2.05, 4.69) is 15.7 Å². The molecule has 2 aliphatic rings. The van der Waals surface area contributed by atoms with Crippen LogP contribution in [0.3, 0.4) is 0 Å². The van der Waals surface area contributed by atoms with Gasteiger partial charge >= 0.3 is 6.18 Å². The van der Waals surface area contributed by atoms with Crippen LogP contribution >= 0.6 is 11.6 Å². The highest BCUT2D eigenvalue weighted by Gasteiger charge is 2.48. The first-order chi connectivity index (χ1) is 18.8. The molecule has 40 heavy (non-hydrogen) atoms. The van der Waals surface area contributed by atoms with Crippen LogP contribution in [0.5, 0.6) is 0 Å². The first-order valence-electron chi connectivity index (χ1n) is 13.3. The molecule has 0 spiro atoms. The molecule has 1 aromatic heterocycles. The van der Waals surface area contributed by atoms with Crippen LogP contribution in [0, 0.1) is 23.6 Å². The molecule has 2 saturated carbocycles. The van der Waals surface area contributed by atoms with Gasteiger partial charge in [-0.2, -0.15) is 18.3 Å². The average molecular weight is 586 g/mol. The van der Waals surface area contributed by atoms with Crippen molar-refractivity contribution in [3.8, 4) is 0 Å². The number of carbonyl (C=O) groups is 3. The maximum atomic E-state index is 15.1. The van der Waals surface area contributed by atoms with Crippen LogP contribution in [0.1, 0.15) is 74.5 Å². The van der Waals surface area contributed by atoms with E-state index < -0.39 is 48.2 Å². The Hall–Kier alpha value is -3.15. The zero-order valence-corrected chi connectivity index (χ0v) is 23.1. The quantitative estimate of drug-likeness (QED) is 0.315. The van der Waals surface area contributed by atoms with Gasteiger partial charge in [-0.25, -0.2) is 4.39 Å². The lowest BCUT2D eigenvalue weighted by molar-refractivity contribution is -0.139. The zero-order chi connectivity index (χ0) is 29.4. The van der Waals surface area contributed by atoms with E-state index in [1.807, 2.05) is 13.8 Å². The third-order valence-electron chi connectivity index (χ3n) is 7.35. The Balaban J connectivity index is 1.54. The maximum Gasteiger partial charge on any atom is 0.405 e. The Labute approximate surface area is 234 Å². The molecular weight excluding hydrogens is 554 g/mol. The predicted molar refractivity (Wildman–Crippen MR) is 140 cm³/mol. The van der Waals surface area contributed by atoms with Crippen molar-refractivity contribution >= 4 is 35.0 Å². The van der Waals surface area contributed by atoms with Crippen molar-refractivity contribution in [3.05, 3.63) is 46.5 Å². The van der Waals surface area contributed by atoms with E-state index in [1.165, 1.54) is 13.1 Å². The highest BCUT2D eigenvalue weighted by Crippen LogP contribution is 2.51. The van der Waals surface area contributed by atoms with Crippen molar-refractivity contribution in [2.24, 2.45) is 17.8 Å². The van der Waals surface area contributed by atoms with Crippen LogP contribution < -0.4 is 16.0 Å². The second-order valence-corrected chi connectivity index (χ2v) is 11.3. The summed E-state index contributed by atoms with van der Waals surface area (Å²) >= 11 is 6.28. The van der Waals surface area contributed by atoms with E-state index in [-0.39, 0.29) is 40.1 Å². The molecule has 2 aromatic rings. The van der Waals surface area contributed by atoms with Gasteiger partial charge in [0.1, 0.15) is 24.1 Å². The standard InChI is InChI=1S/C27H32ClF4N5O3/c1-13(2)37-21(8-9-34-37)25(39)36-23(22(15-4-5-15)16-6-7-16)26(40)35-20-11-18(28)17(10-19(20)29)14(3)24(38)33-12-27(30,31)32/h8-11,13-16,22-23H,4-7,12H2,1-3H3,(H,33,38)(H,35,40)(H,36,39)/t14-,23-/m0/s1. The Morgan fingerprint density at radius 1 is 1.07 bits per heavy atom. The average Bonchev–Trinajstić information content (AvgIpc) is 3.82. The lowest BCUT2D eigenvalue weighted by Gasteiger charge is -2.28. The number of alkyl halides is 3. The lowest BCUT2D eigenvalue weighted by Crippen LogP contribution is -2.50. The summed E-state index contributed by atoms with van der Waals surface area (Å²) in [7, 11) is 0. The van der Waals surface area contributed by atoms with E-state index in [0.717, 1.165) is 37.8 Å². The van der Waals surface area contributed by atoms with Crippen molar-refractivity contribution in [1.29, 1.82) is 0 Å². The SMILES string of the molecule is CC(C)n1nccc1C(=O)N[C@H](C(=O)Nc1cc(Cl)c([C@H](C)C(=O)NCC(F)(F)F)cc1F)C(C1CC1)C1CC1. The van der Waals surface area contributed by atoms with Gasteiger partial charge in [0.15, 0.2) is 0 Å². The summed E-state index contributed by atoms with van der Waals surface area (Å²) in [6, 6.07) is 2.58. The minimum atomic E-state index is -4.60. The largest absolute Gasteiger partial charge is 0.405 e. The number of aromatic nitrogens is 2. The molecule has 1 aromatic carbocycles. The number of anilines is 1. The van der Waals surface area contributed by atoms with E-state index in [9.17, 15) is 27.6 Å². The van der Waals surface area contributed by atoms with Crippen LogP contribution in [0.15, 0.2) is 24.4 Å². The number of carbonyl (C=O) groups excluding carboxylic acids is 3. The van der Waals surface area contributed by atoms with Crippen molar-refractivity contribution in [3.63, 3.8) is 0 Å². The van der Waals surface area contributed by atoms with Crippen molar-refractivity contribution in [2.75, 3.05) is 11.9 Å². The molecule has 0 aliphatic heterocycles. The smallest absolute Gasteiger partial charge is 0.346 e. The van der Waals surface area contributed by atoms with Crippen molar-refractivity contribution in [2.45, 2.75) is 70.6 Å². The summed E-state index contributed by atoms with van der Waals surface area (Å²) in [6.45, 7) is 3.52. The van der Waals surface area contributed by atoms with Crippen LogP contribution in [0.2, 0.25) is 5.02 Å². The number of amides is 3. The van der Waals surface area contributed by atoms with Gasteiger partial charge in [0.2, 0.25) is 11.8 Å². The fourth-order valence-electron chi connectivity index (χ4n) is 5.03. The van der Waals surface area contributed by atoms with Gasteiger partial charge in [0, 0.05) is 17.3 Å². The number of hydrogen-bond donors (Lipinski definition) is 3. The summed E-state index contributed by atoms with van der Waals surface area (Å²) in [6.07, 6.45) is 0.661. The van der Waals surface area contributed by atoms with Crippen molar-refractivity contribution < 1.29 is 31.9 Å². The normalized spacial score (nSPS) is 17.1. The molecule has 3 N–H and O–H groups in total. The summed E-state index contributed by atoms with van der Waals surface area (Å²) in [4.78, 5) is 39.0. The molecule has 2 fully saturated rings. The van der Waals surface area contributed by atoms with Crippen LogP contribution in [-0.4, -0.2) is 46.3 Å². The van der Waals surface area contributed by atoms with Crippen LogP contribution in [0.25, 0.3) is 0 Å². The van der Waals surface area contributed by atoms with Gasteiger partial charge in [0.05, 0.1) is 11.6 Å². The Kier molecular flexibility index (Phi) is 8.77. The fourth-order valence-corrected chi connectivity index (χ4v) is 5.36. The molecule has 218 valence electrons. The fraction of sp³-hybridized carbons (Fsp3) is 0.556. The second-order valence-electron chi connectivity index (χ2n) is 10.9. The number of rotatable bonds is 11. The second kappa shape index (κ2) is 11.8. The Morgan fingerprint density at radius 3 is 2.25 bits per heavy atom. The summed E-state index contributed by atoms with van der Waals surface area (Å²) in [5.41, 5.74) is 0.00505. The molecule has 1 heterocycles. The van der Waals surface area contributed by atoms with Gasteiger partial charge < -0.3 is 16.0 Å². The molecule has 3 amide bonds. The molecule has 2 aliphatic carbocycles. The third kappa shape index (κ3) is 7.13. The van der Waals surface area contributed by atoms with Gasteiger partial charge in [-0.15, -0.1) is 0 Å². The van der Waals surface area contributed by atoms with Crippen molar-refractivity contribution in [1.82, 2.24) is 20.4 Å². The number of hydrogen-bond acceptors (Lipinski definition) is 4. The van der Waals surface area contributed by atoms with E-state index in [1.54, 1.807) is 16.1 Å². The van der Waals surface area contributed by atoms with E-state index in [4.69, 9.17) is 11.6 Å². The molecular formula is C27H32ClF4N5O3. The minimum absolute atomic E-state index is 0.0301. The first-order valence-corrected chi connectivity index (χ1v) is 13.6. The number of halogens is 5. The molecule has 0 bridgehead atoms. The molecule has 0 unspecified atom stereocenters. The highest BCUT2D eigenvalue weighted by atomic mass is 35.5. The van der Waals surface area contributed by atoms with E-state index in [0.29, 0.717) is 5.69 Å². The molecule has 4 rings (SSSR count). The lowest BCUT2D eigenvalue weighted by atomic mass is 9.88. The highest BCUT2D eigenvalue weighted by molar-refractivity contribution is 6.32. The summed E-state index contributed by atoms with van der Waals surface area (Å²) in [5.74, 6) is -3.72. The monoisotopic (exact) mass is 585 g/mol. The summed E-state index contributed by atoms with van der Waals surface area (Å²) in [5, 5.41) is 11.2. The van der Waals surface area contributed by atoms with Gasteiger partial charge in [0.25, 0.3) is 5.91 Å². The van der Waals surface area contributed by atoms with Gasteiger partial charge in [-0.1, -0.05) is 11.6 Å². The van der Waals surface area contributed by atoms with Gasteiger partial charge in [-0.05, 0) is 88.0 Å². The first kappa shape index (κ1) is 29.8. The number of nitrogens with one attached hydrogen (secondary N) is 3. The minimum Gasteiger partial charge on any atom is -0.346 e. The third-order valence-corrected chi connectivity index (χ3v) is 7.67. The molecule has 0 radical (unpaired) electrons. The summed E-state index contributed by atoms with van der Waals surface area (Å²) < 4.78 is 54.1. The van der Waals surface area contributed by atoms with Crippen LogP contribution in [-0.2, 0) is 9.59 Å². The van der Waals surface area contributed by atoms with E-state index >= 15 is 4.39 Å². The van der Waals surface area contributed by atoms with Crippen LogP contribution in [0.4, 0.5) is 23.2 Å². The number of nitrogens with zero attached hydrogens (tertiary/aromatic N) is 2.